The highest BCUT2D eigenvalue weighted by atomic mass is 15.3. The summed E-state index contributed by atoms with van der Waals surface area (Å²) in [6.07, 6.45) is 5.07. The Labute approximate surface area is 84.7 Å². The van der Waals surface area contributed by atoms with E-state index in [2.05, 4.69) is 15.4 Å². The van der Waals surface area contributed by atoms with Crippen molar-refractivity contribution >= 4 is 0 Å². The van der Waals surface area contributed by atoms with Gasteiger partial charge in [-0.05, 0) is 26.3 Å². The zero-order chi connectivity index (χ0) is 9.97. The van der Waals surface area contributed by atoms with Gasteiger partial charge < -0.3 is 5.32 Å². The average Bonchev–Trinajstić information content (AvgIpc) is 2.46. The molecule has 0 aromatic carbocycles. The standard InChI is InChI=1S/C10H18N4/c1-8-12-10(13-14(8)2)9-6-4-3-5-7-11-9/h9,11H,3-7H2,1-2H3. The maximum absolute atomic E-state index is 4.46. The number of aryl methyl sites for hydroxylation is 2. The van der Waals surface area contributed by atoms with Gasteiger partial charge in [0.1, 0.15) is 5.82 Å². The van der Waals surface area contributed by atoms with Gasteiger partial charge in [0.05, 0.1) is 6.04 Å². The second-order valence-electron chi connectivity index (χ2n) is 4.00. The van der Waals surface area contributed by atoms with Crippen molar-refractivity contribution in [2.24, 2.45) is 7.05 Å². The van der Waals surface area contributed by atoms with Crippen molar-refractivity contribution in [3.8, 4) is 0 Å². The first-order valence-electron chi connectivity index (χ1n) is 5.38. The predicted molar refractivity (Wildman–Crippen MR) is 55.0 cm³/mol. The first kappa shape index (κ1) is 9.65. The fourth-order valence-electron chi connectivity index (χ4n) is 1.88. The minimum atomic E-state index is 0.373. The van der Waals surface area contributed by atoms with Gasteiger partial charge in [0.25, 0.3) is 0 Å². The minimum Gasteiger partial charge on any atom is -0.307 e. The van der Waals surface area contributed by atoms with E-state index in [1.54, 1.807) is 0 Å². The van der Waals surface area contributed by atoms with Crippen LogP contribution in [0.3, 0.4) is 0 Å². The Balaban J connectivity index is 2.12. The largest absolute Gasteiger partial charge is 0.307 e. The summed E-state index contributed by atoms with van der Waals surface area (Å²) in [5, 5.41) is 7.92. The van der Waals surface area contributed by atoms with Crippen LogP contribution in [0.4, 0.5) is 0 Å². The van der Waals surface area contributed by atoms with Crippen molar-refractivity contribution in [2.45, 2.75) is 38.6 Å². The molecule has 1 aromatic heterocycles. The van der Waals surface area contributed by atoms with Crippen molar-refractivity contribution < 1.29 is 0 Å². The lowest BCUT2D eigenvalue weighted by molar-refractivity contribution is 0.504. The van der Waals surface area contributed by atoms with Gasteiger partial charge in [0.2, 0.25) is 0 Å². The molecule has 1 N–H and O–H groups in total. The third-order valence-corrected chi connectivity index (χ3v) is 2.87. The molecule has 78 valence electrons. The molecule has 2 rings (SSSR count). The maximum Gasteiger partial charge on any atom is 0.167 e. The van der Waals surface area contributed by atoms with Gasteiger partial charge in [0.15, 0.2) is 5.82 Å². The van der Waals surface area contributed by atoms with Gasteiger partial charge in [-0.25, -0.2) is 4.98 Å². The van der Waals surface area contributed by atoms with E-state index in [0.717, 1.165) is 18.2 Å². The van der Waals surface area contributed by atoms with Gasteiger partial charge in [-0.1, -0.05) is 12.8 Å². The van der Waals surface area contributed by atoms with Crippen LogP contribution < -0.4 is 5.32 Å². The molecule has 1 unspecified atom stereocenters. The van der Waals surface area contributed by atoms with Gasteiger partial charge in [-0.3, -0.25) is 4.68 Å². The molecule has 0 spiro atoms. The summed E-state index contributed by atoms with van der Waals surface area (Å²) in [4.78, 5) is 4.46. The number of hydrogen-bond donors (Lipinski definition) is 1. The second-order valence-corrected chi connectivity index (χ2v) is 4.00. The van der Waals surface area contributed by atoms with E-state index in [-0.39, 0.29) is 0 Å². The molecule has 0 bridgehead atoms. The van der Waals surface area contributed by atoms with E-state index in [9.17, 15) is 0 Å². The Kier molecular flexibility index (Phi) is 2.82. The van der Waals surface area contributed by atoms with Crippen LogP contribution in [0.25, 0.3) is 0 Å². The fourth-order valence-corrected chi connectivity index (χ4v) is 1.88. The molecule has 4 heteroatoms. The molecule has 2 heterocycles. The van der Waals surface area contributed by atoms with Crippen molar-refractivity contribution in [3.63, 3.8) is 0 Å². The van der Waals surface area contributed by atoms with Crippen LogP contribution in [0.5, 0.6) is 0 Å². The monoisotopic (exact) mass is 194 g/mol. The zero-order valence-corrected chi connectivity index (χ0v) is 8.95. The number of nitrogens with zero attached hydrogens (tertiary/aromatic N) is 3. The zero-order valence-electron chi connectivity index (χ0n) is 8.95. The Bertz CT molecular complexity index is 278. The van der Waals surface area contributed by atoms with Crippen LogP contribution in [0, 0.1) is 6.92 Å². The lowest BCUT2D eigenvalue weighted by Crippen LogP contribution is -2.21. The molecule has 0 radical (unpaired) electrons. The molecule has 1 fully saturated rings. The topological polar surface area (TPSA) is 42.7 Å². The van der Waals surface area contributed by atoms with Crippen LogP contribution in [-0.4, -0.2) is 21.3 Å². The maximum atomic E-state index is 4.46. The Morgan fingerprint density at radius 3 is 2.93 bits per heavy atom. The van der Waals surface area contributed by atoms with Crippen LogP contribution in [0.2, 0.25) is 0 Å². The fraction of sp³-hybridized carbons (Fsp3) is 0.800. The van der Waals surface area contributed by atoms with E-state index in [4.69, 9.17) is 0 Å². The van der Waals surface area contributed by atoms with E-state index in [1.807, 2.05) is 18.7 Å². The Hall–Kier alpha value is -0.900. The highest BCUT2D eigenvalue weighted by Crippen LogP contribution is 2.19. The predicted octanol–water partition coefficient (Wildman–Crippen LogP) is 1.33. The summed E-state index contributed by atoms with van der Waals surface area (Å²) in [6, 6.07) is 0.373. The second kappa shape index (κ2) is 4.09. The summed E-state index contributed by atoms with van der Waals surface area (Å²) >= 11 is 0. The third kappa shape index (κ3) is 1.95. The molecular weight excluding hydrogens is 176 g/mol. The molecular formula is C10H18N4. The molecule has 4 nitrogen and oxygen atoms in total. The molecule has 1 aromatic rings. The molecule has 14 heavy (non-hydrogen) atoms. The number of aromatic nitrogens is 3. The van der Waals surface area contributed by atoms with Gasteiger partial charge in [-0.2, -0.15) is 5.10 Å². The lowest BCUT2D eigenvalue weighted by atomic mass is 10.1. The summed E-state index contributed by atoms with van der Waals surface area (Å²) in [5.74, 6) is 1.96. The smallest absolute Gasteiger partial charge is 0.167 e. The van der Waals surface area contributed by atoms with Crippen LogP contribution in [0.15, 0.2) is 0 Å². The molecule has 1 aliphatic rings. The van der Waals surface area contributed by atoms with Gasteiger partial charge in [0, 0.05) is 7.05 Å². The van der Waals surface area contributed by atoms with E-state index in [1.165, 1.54) is 25.7 Å². The van der Waals surface area contributed by atoms with Crippen molar-refractivity contribution in [1.82, 2.24) is 20.1 Å². The minimum absolute atomic E-state index is 0.373. The van der Waals surface area contributed by atoms with E-state index in [0.29, 0.717) is 6.04 Å². The summed E-state index contributed by atoms with van der Waals surface area (Å²) in [6.45, 7) is 3.09. The summed E-state index contributed by atoms with van der Waals surface area (Å²) in [5.41, 5.74) is 0. The number of hydrogen-bond acceptors (Lipinski definition) is 3. The van der Waals surface area contributed by atoms with Gasteiger partial charge in [-0.15, -0.1) is 0 Å². The molecule has 0 aliphatic carbocycles. The number of rotatable bonds is 1. The Morgan fingerprint density at radius 1 is 1.36 bits per heavy atom. The van der Waals surface area contributed by atoms with Crippen molar-refractivity contribution in [1.29, 1.82) is 0 Å². The SMILES string of the molecule is Cc1nc(C2CCCCCN2)nn1C. The van der Waals surface area contributed by atoms with Crippen LogP contribution in [0.1, 0.15) is 43.4 Å². The lowest BCUT2D eigenvalue weighted by Gasteiger charge is -2.10. The number of nitrogens with one attached hydrogen (secondary N) is 1. The molecule has 1 saturated heterocycles. The molecule has 1 aliphatic heterocycles. The van der Waals surface area contributed by atoms with Crippen molar-refractivity contribution in [2.75, 3.05) is 6.54 Å². The normalized spacial score (nSPS) is 23.4. The Morgan fingerprint density at radius 2 is 2.21 bits per heavy atom. The molecule has 1 atom stereocenters. The van der Waals surface area contributed by atoms with E-state index < -0.39 is 0 Å². The van der Waals surface area contributed by atoms with Gasteiger partial charge >= 0.3 is 0 Å². The summed E-state index contributed by atoms with van der Waals surface area (Å²) < 4.78 is 1.85. The first-order valence-corrected chi connectivity index (χ1v) is 5.38. The van der Waals surface area contributed by atoms with E-state index >= 15 is 0 Å². The van der Waals surface area contributed by atoms with Crippen molar-refractivity contribution in [3.05, 3.63) is 11.6 Å². The highest BCUT2D eigenvalue weighted by molar-refractivity contribution is 4.97. The molecule has 0 amide bonds. The highest BCUT2D eigenvalue weighted by Gasteiger charge is 2.17. The molecule has 0 saturated carbocycles. The first-order chi connectivity index (χ1) is 6.77. The average molecular weight is 194 g/mol. The third-order valence-electron chi connectivity index (χ3n) is 2.87. The quantitative estimate of drug-likeness (QED) is 0.733. The summed E-state index contributed by atoms with van der Waals surface area (Å²) in [7, 11) is 1.95. The van der Waals surface area contributed by atoms with Crippen LogP contribution in [-0.2, 0) is 7.05 Å². The van der Waals surface area contributed by atoms with Crippen LogP contribution >= 0.6 is 0 Å².